The summed E-state index contributed by atoms with van der Waals surface area (Å²) in [6.45, 7) is 3.25. The van der Waals surface area contributed by atoms with Crippen LogP contribution in [0.4, 0.5) is 10.1 Å². The van der Waals surface area contributed by atoms with Gasteiger partial charge in [-0.3, -0.25) is 0 Å². The predicted octanol–water partition coefficient (Wildman–Crippen LogP) is 3.81. The van der Waals surface area contributed by atoms with Crippen molar-refractivity contribution in [3.05, 3.63) is 77.6 Å². The zero-order valence-electron chi connectivity index (χ0n) is 20.4. The molecule has 0 amide bonds. The van der Waals surface area contributed by atoms with Gasteiger partial charge in [0.05, 0.1) is 0 Å². The zero-order valence-corrected chi connectivity index (χ0v) is 21.2. The van der Waals surface area contributed by atoms with Crippen molar-refractivity contribution < 1.29 is 17.9 Å². The molecule has 2 aliphatic rings. The standard InChI is InChI=1S/C26H32FN5O3S/c1-19-7-10-25(20-5-3-2-4-6-20)36(34,35)32(19)16-21-8-9-23(15-24(21)27)30-13-11-22(12-14-30)31-18-28-29-26(31)17-33/h2-6,8-9,15,18-19,22,25,33H,7,10-14,16-17H2,1H3/t19-,25-/m0/s1. The van der Waals surface area contributed by atoms with Gasteiger partial charge in [-0.15, -0.1) is 10.2 Å². The first kappa shape index (κ1) is 24.9. The molecule has 10 heteroatoms. The fraction of sp³-hybridized carbons (Fsp3) is 0.462. The lowest BCUT2D eigenvalue weighted by molar-refractivity contribution is 0.255. The largest absolute Gasteiger partial charge is 0.388 e. The summed E-state index contributed by atoms with van der Waals surface area (Å²) in [7, 11) is -3.62. The lowest BCUT2D eigenvalue weighted by Crippen LogP contribution is -2.44. The number of hydrogen-bond donors (Lipinski definition) is 1. The number of nitrogens with zero attached hydrogens (tertiary/aromatic N) is 5. The molecule has 1 N–H and O–H groups in total. The minimum absolute atomic E-state index is 0.0264. The van der Waals surface area contributed by atoms with Crippen molar-refractivity contribution in [3.63, 3.8) is 0 Å². The van der Waals surface area contributed by atoms with Gasteiger partial charge in [0.1, 0.15) is 24.0 Å². The van der Waals surface area contributed by atoms with Crippen molar-refractivity contribution in [2.75, 3.05) is 18.0 Å². The molecule has 5 rings (SSSR count). The first-order valence-corrected chi connectivity index (χ1v) is 14.0. The van der Waals surface area contributed by atoms with Gasteiger partial charge in [0, 0.05) is 43.0 Å². The molecular weight excluding hydrogens is 481 g/mol. The van der Waals surface area contributed by atoms with Crippen LogP contribution in [0.3, 0.4) is 0 Å². The Morgan fingerprint density at radius 1 is 1.06 bits per heavy atom. The van der Waals surface area contributed by atoms with E-state index in [1.54, 1.807) is 12.4 Å². The molecule has 3 heterocycles. The second-order valence-corrected chi connectivity index (χ2v) is 11.8. The SMILES string of the molecule is C[C@H]1CC[C@@H](c2ccccc2)S(=O)(=O)N1Cc1ccc(N2CCC(n3cnnc3CO)CC2)cc1F. The summed E-state index contributed by atoms with van der Waals surface area (Å²) in [5.74, 6) is 0.167. The molecule has 2 atom stereocenters. The van der Waals surface area contributed by atoms with Crippen LogP contribution >= 0.6 is 0 Å². The van der Waals surface area contributed by atoms with Crippen LogP contribution in [0.15, 0.2) is 54.9 Å². The molecule has 2 aliphatic heterocycles. The van der Waals surface area contributed by atoms with Gasteiger partial charge in [0.2, 0.25) is 10.0 Å². The van der Waals surface area contributed by atoms with Gasteiger partial charge >= 0.3 is 0 Å². The highest BCUT2D eigenvalue weighted by atomic mass is 32.2. The van der Waals surface area contributed by atoms with Crippen LogP contribution in [0.2, 0.25) is 0 Å². The molecule has 0 saturated carbocycles. The van der Waals surface area contributed by atoms with Crippen LogP contribution in [-0.4, -0.2) is 51.7 Å². The maximum absolute atomic E-state index is 15.3. The van der Waals surface area contributed by atoms with Crippen molar-refractivity contribution in [3.8, 4) is 0 Å². The van der Waals surface area contributed by atoms with E-state index < -0.39 is 15.3 Å². The minimum atomic E-state index is -3.62. The maximum Gasteiger partial charge on any atom is 0.221 e. The van der Waals surface area contributed by atoms with Gasteiger partial charge in [-0.25, -0.2) is 12.8 Å². The lowest BCUT2D eigenvalue weighted by atomic mass is 10.0. The first-order valence-electron chi connectivity index (χ1n) is 12.5. The Balaban J connectivity index is 1.28. The Morgan fingerprint density at radius 3 is 2.50 bits per heavy atom. The third kappa shape index (κ3) is 4.77. The summed E-state index contributed by atoms with van der Waals surface area (Å²) in [5, 5.41) is 16.7. The molecule has 0 bridgehead atoms. The van der Waals surface area contributed by atoms with E-state index in [2.05, 4.69) is 15.1 Å². The van der Waals surface area contributed by atoms with Crippen molar-refractivity contribution in [2.45, 2.75) is 63.1 Å². The topological polar surface area (TPSA) is 91.6 Å². The number of halogens is 1. The second-order valence-electron chi connectivity index (χ2n) is 9.72. The molecule has 0 aliphatic carbocycles. The molecule has 0 spiro atoms. The van der Waals surface area contributed by atoms with Gasteiger partial charge in [-0.05, 0) is 50.3 Å². The normalized spacial score (nSPS) is 23.1. The van der Waals surface area contributed by atoms with Crippen LogP contribution in [0.5, 0.6) is 0 Å². The monoisotopic (exact) mass is 513 g/mol. The van der Waals surface area contributed by atoms with Crippen LogP contribution in [-0.2, 0) is 23.2 Å². The average molecular weight is 514 g/mol. The highest BCUT2D eigenvalue weighted by Gasteiger charge is 2.40. The van der Waals surface area contributed by atoms with Gasteiger partial charge in [-0.1, -0.05) is 36.4 Å². The number of anilines is 1. The van der Waals surface area contributed by atoms with Crippen LogP contribution in [0.25, 0.3) is 0 Å². The van der Waals surface area contributed by atoms with E-state index in [1.807, 2.05) is 47.9 Å². The summed E-state index contributed by atoms with van der Waals surface area (Å²) >= 11 is 0. The summed E-state index contributed by atoms with van der Waals surface area (Å²) in [6.07, 6.45) is 4.62. The molecule has 8 nitrogen and oxygen atoms in total. The second kappa shape index (κ2) is 10.3. The molecule has 192 valence electrons. The van der Waals surface area contributed by atoms with Crippen molar-refractivity contribution in [1.82, 2.24) is 19.1 Å². The average Bonchev–Trinajstić information content (AvgIpc) is 3.37. The Labute approximate surface area is 211 Å². The number of hydrogen-bond acceptors (Lipinski definition) is 6. The van der Waals surface area contributed by atoms with Crippen LogP contribution in [0, 0.1) is 5.82 Å². The Kier molecular flexibility index (Phi) is 7.09. The van der Waals surface area contributed by atoms with Crippen molar-refractivity contribution >= 4 is 15.7 Å². The molecule has 2 aromatic carbocycles. The third-order valence-electron chi connectivity index (χ3n) is 7.57. The fourth-order valence-corrected chi connectivity index (χ4v) is 7.66. The van der Waals surface area contributed by atoms with E-state index >= 15 is 4.39 Å². The Hall–Kier alpha value is -2.82. The van der Waals surface area contributed by atoms with E-state index in [-0.39, 0.29) is 31.1 Å². The fourth-order valence-electron chi connectivity index (χ4n) is 5.47. The van der Waals surface area contributed by atoms with Crippen molar-refractivity contribution in [2.24, 2.45) is 0 Å². The Bertz CT molecular complexity index is 1290. The van der Waals surface area contributed by atoms with E-state index in [4.69, 9.17) is 0 Å². The van der Waals surface area contributed by atoms with Crippen LogP contribution < -0.4 is 4.90 Å². The molecule has 36 heavy (non-hydrogen) atoms. The number of aliphatic hydroxyl groups excluding tert-OH is 1. The first-order chi connectivity index (χ1) is 17.4. The van der Waals surface area contributed by atoms with E-state index in [0.717, 1.165) is 43.6 Å². The van der Waals surface area contributed by atoms with Crippen molar-refractivity contribution in [1.29, 1.82) is 0 Å². The predicted molar refractivity (Wildman–Crippen MR) is 135 cm³/mol. The third-order valence-corrected chi connectivity index (χ3v) is 9.94. The molecule has 1 aromatic heterocycles. The minimum Gasteiger partial charge on any atom is -0.388 e. The van der Waals surface area contributed by atoms with E-state index in [1.165, 1.54) is 10.4 Å². The number of aromatic nitrogens is 3. The van der Waals surface area contributed by atoms with E-state index in [9.17, 15) is 13.5 Å². The Morgan fingerprint density at radius 2 is 1.81 bits per heavy atom. The number of benzene rings is 2. The molecule has 0 radical (unpaired) electrons. The lowest BCUT2D eigenvalue weighted by Gasteiger charge is -2.37. The van der Waals surface area contributed by atoms with Gasteiger partial charge in [0.25, 0.3) is 0 Å². The summed E-state index contributed by atoms with van der Waals surface area (Å²) in [5.41, 5.74) is 1.96. The highest BCUT2D eigenvalue weighted by molar-refractivity contribution is 7.89. The molecule has 0 unspecified atom stereocenters. The number of piperidine rings is 1. The molecule has 2 fully saturated rings. The van der Waals surface area contributed by atoms with Gasteiger partial charge in [-0.2, -0.15) is 4.31 Å². The summed E-state index contributed by atoms with van der Waals surface area (Å²) < 4.78 is 45.6. The maximum atomic E-state index is 15.3. The molecule has 3 aromatic rings. The molecular formula is C26H32FN5O3S. The van der Waals surface area contributed by atoms with Crippen LogP contribution in [0.1, 0.15) is 60.9 Å². The number of aliphatic hydroxyl groups is 1. The number of rotatable bonds is 6. The quantitative estimate of drug-likeness (QED) is 0.539. The number of sulfonamides is 1. The molecule has 2 saturated heterocycles. The smallest absolute Gasteiger partial charge is 0.221 e. The zero-order chi connectivity index (χ0) is 25.3. The van der Waals surface area contributed by atoms with E-state index in [0.29, 0.717) is 17.8 Å². The van der Waals surface area contributed by atoms with Gasteiger partial charge < -0.3 is 14.6 Å². The summed E-state index contributed by atoms with van der Waals surface area (Å²) in [6, 6.07) is 14.4. The highest BCUT2D eigenvalue weighted by Crippen LogP contribution is 2.38. The van der Waals surface area contributed by atoms with Gasteiger partial charge in [0.15, 0.2) is 5.82 Å². The summed E-state index contributed by atoms with van der Waals surface area (Å²) in [4.78, 5) is 2.14.